The van der Waals surface area contributed by atoms with Gasteiger partial charge in [-0.25, -0.2) is 13.2 Å². The van der Waals surface area contributed by atoms with Gasteiger partial charge in [-0.05, 0) is 0 Å². The van der Waals surface area contributed by atoms with Gasteiger partial charge in [0, 0.05) is 12.2 Å². The van der Waals surface area contributed by atoms with Crippen LogP contribution in [-0.4, -0.2) is 135 Å². The minimum Gasteiger partial charge on any atom is -0.420 e. The SMILES string of the molecule is O=C(CCOCCOCCOCCOCCOCCOCCOCCOCCN1C(=O)C=CC1=O)Oc1c(F)c(F)c(F)c(F)c1F. The molecule has 0 bridgehead atoms. The largest absolute Gasteiger partial charge is 0.420 e. The van der Waals surface area contributed by atoms with Crippen LogP contribution in [-0.2, 0) is 52.3 Å². The molecule has 1 aromatic carbocycles. The van der Waals surface area contributed by atoms with Crippen molar-refractivity contribution in [1.82, 2.24) is 4.90 Å². The van der Waals surface area contributed by atoms with Gasteiger partial charge >= 0.3 is 5.97 Å². The summed E-state index contributed by atoms with van der Waals surface area (Å²) in [7, 11) is 0. The average molecular weight is 688 g/mol. The number of nitrogens with zero attached hydrogens (tertiary/aromatic N) is 1. The van der Waals surface area contributed by atoms with Gasteiger partial charge in [0.15, 0.2) is 0 Å². The number of ether oxygens (including phenoxy) is 9. The summed E-state index contributed by atoms with van der Waals surface area (Å²) in [5.74, 6) is -14.9. The maximum atomic E-state index is 13.5. The van der Waals surface area contributed by atoms with E-state index in [0.29, 0.717) is 72.7 Å². The highest BCUT2D eigenvalue weighted by Gasteiger charge is 2.28. The van der Waals surface area contributed by atoms with E-state index in [0.717, 1.165) is 4.90 Å². The molecule has 0 atom stereocenters. The number of carbonyl (C=O) groups excluding carboxylic acids is 3. The first-order valence-corrected chi connectivity index (χ1v) is 14.6. The predicted octanol–water partition coefficient (Wildman–Crippen LogP) is 1.74. The lowest BCUT2D eigenvalue weighted by atomic mass is 10.2. The molecule has 0 fully saturated rings. The predicted molar refractivity (Wildman–Crippen MR) is 149 cm³/mol. The van der Waals surface area contributed by atoms with E-state index in [-0.39, 0.29) is 51.4 Å². The summed E-state index contributed by atoms with van der Waals surface area (Å²) in [6.45, 7) is 4.75. The van der Waals surface area contributed by atoms with Crippen molar-refractivity contribution in [3.8, 4) is 5.75 Å². The standard InChI is InChI=1S/C29H38F5NO12/c30-24-25(31)27(33)29(28(34)26(24)32)47-23(38)3-5-39-7-9-41-11-13-43-15-17-45-19-20-46-18-16-44-14-12-42-10-8-40-6-4-35-21(36)1-2-22(35)37/h1-2H,3-20H2. The lowest BCUT2D eigenvalue weighted by molar-refractivity contribution is -0.138. The van der Waals surface area contributed by atoms with Crippen LogP contribution in [0.2, 0.25) is 0 Å². The van der Waals surface area contributed by atoms with E-state index in [2.05, 4.69) is 4.74 Å². The second-order valence-corrected chi connectivity index (χ2v) is 9.18. The zero-order chi connectivity index (χ0) is 34.3. The van der Waals surface area contributed by atoms with Crippen molar-refractivity contribution < 1.29 is 79.0 Å². The van der Waals surface area contributed by atoms with Gasteiger partial charge in [-0.15, -0.1) is 0 Å². The van der Waals surface area contributed by atoms with E-state index < -0.39 is 47.2 Å². The number of esters is 1. The van der Waals surface area contributed by atoms with Crippen molar-refractivity contribution in [1.29, 1.82) is 0 Å². The lowest BCUT2D eigenvalue weighted by Gasteiger charge is -2.13. The number of imide groups is 1. The molecule has 266 valence electrons. The second-order valence-electron chi connectivity index (χ2n) is 9.18. The Balaban J connectivity index is 1.25. The molecule has 13 nitrogen and oxygen atoms in total. The molecule has 0 aliphatic carbocycles. The van der Waals surface area contributed by atoms with Crippen molar-refractivity contribution >= 4 is 17.8 Å². The third-order valence-corrected chi connectivity index (χ3v) is 5.80. The first-order valence-electron chi connectivity index (χ1n) is 14.6. The molecule has 2 rings (SSSR count). The van der Waals surface area contributed by atoms with Crippen LogP contribution in [0.5, 0.6) is 5.75 Å². The average Bonchev–Trinajstić information content (AvgIpc) is 3.38. The van der Waals surface area contributed by atoms with E-state index in [9.17, 15) is 36.3 Å². The van der Waals surface area contributed by atoms with E-state index in [1.54, 1.807) is 0 Å². The molecule has 0 saturated carbocycles. The van der Waals surface area contributed by atoms with Crippen molar-refractivity contribution in [3.05, 3.63) is 41.2 Å². The summed E-state index contributed by atoms with van der Waals surface area (Å²) in [5.41, 5.74) is 0. The number of hydrogen-bond acceptors (Lipinski definition) is 12. The van der Waals surface area contributed by atoms with Crippen LogP contribution >= 0.6 is 0 Å². The first-order chi connectivity index (χ1) is 22.7. The van der Waals surface area contributed by atoms with Crippen molar-refractivity contribution in [2.24, 2.45) is 0 Å². The third-order valence-electron chi connectivity index (χ3n) is 5.80. The monoisotopic (exact) mass is 687 g/mol. The smallest absolute Gasteiger partial charge is 0.313 e. The molecule has 0 saturated heterocycles. The van der Waals surface area contributed by atoms with Gasteiger partial charge < -0.3 is 42.6 Å². The highest BCUT2D eigenvalue weighted by molar-refractivity contribution is 6.12. The van der Waals surface area contributed by atoms with Gasteiger partial charge in [0.2, 0.25) is 34.8 Å². The van der Waals surface area contributed by atoms with E-state index in [1.165, 1.54) is 12.2 Å². The minimum absolute atomic E-state index is 0.0713. The van der Waals surface area contributed by atoms with Crippen molar-refractivity contribution in [2.75, 3.05) is 112 Å². The van der Waals surface area contributed by atoms with E-state index >= 15 is 0 Å². The second kappa shape index (κ2) is 24.1. The molecular weight excluding hydrogens is 649 g/mol. The maximum absolute atomic E-state index is 13.5. The fourth-order valence-electron chi connectivity index (χ4n) is 3.44. The molecule has 1 aliphatic rings. The van der Waals surface area contributed by atoms with Gasteiger partial charge in [0.25, 0.3) is 11.8 Å². The Morgan fingerprint density at radius 1 is 0.468 bits per heavy atom. The Morgan fingerprint density at radius 3 is 1.13 bits per heavy atom. The normalized spacial score (nSPS) is 12.9. The van der Waals surface area contributed by atoms with Crippen molar-refractivity contribution in [3.63, 3.8) is 0 Å². The van der Waals surface area contributed by atoms with Crippen LogP contribution in [0.15, 0.2) is 12.2 Å². The van der Waals surface area contributed by atoms with Crippen LogP contribution in [0, 0.1) is 29.1 Å². The summed E-state index contributed by atoms with van der Waals surface area (Å²) in [6.07, 6.45) is 1.96. The van der Waals surface area contributed by atoms with Gasteiger partial charge in [-0.2, -0.15) is 8.78 Å². The molecular formula is C29H38F5NO12. The highest BCUT2D eigenvalue weighted by Crippen LogP contribution is 2.29. The summed E-state index contributed by atoms with van der Waals surface area (Å²) >= 11 is 0. The van der Waals surface area contributed by atoms with Gasteiger partial charge in [-0.3, -0.25) is 19.3 Å². The number of rotatable bonds is 28. The maximum Gasteiger partial charge on any atom is 0.313 e. The number of benzene rings is 1. The van der Waals surface area contributed by atoms with E-state index in [1.807, 2.05) is 0 Å². The Labute approximate surface area is 267 Å². The van der Waals surface area contributed by atoms with E-state index in [4.69, 9.17) is 37.9 Å². The highest BCUT2D eigenvalue weighted by atomic mass is 19.2. The number of amides is 2. The Bertz CT molecular complexity index is 1100. The summed E-state index contributed by atoms with van der Waals surface area (Å²) in [4.78, 5) is 35.5. The molecule has 1 heterocycles. The minimum atomic E-state index is -2.35. The molecule has 0 unspecified atom stereocenters. The zero-order valence-corrected chi connectivity index (χ0v) is 25.6. The fraction of sp³-hybridized carbons (Fsp3) is 0.621. The summed E-state index contributed by atoms with van der Waals surface area (Å²) in [5, 5.41) is 0. The summed E-state index contributed by atoms with van der Waals surface area (Å²) in [6, 6.07) is 0. The Hall–Kier alpha value is -3.10. The van der Waals surface area contributed by atoms with Crippen LogP contribution in [0.1, 0.15) is 6.42 Å². The van der Waals surface area contributed by atoms with Gasteiger partial charge in [0.05, 0.1) is 119 Å². The Kier molecular flexibility index (Phi) is 20.6. The molecule has 18 heteroatoms. The van der Waals surface area contributed by atoms with Crippen LogP contribution in [0.4, 0.5) is 22.0 Å². The molecule has 0 aromatic heterocycles. The topological polar surface area (TPSA) is 138 Å². The number of hydrogen-bond donors (Lipinski definition) is 0. The molecule has 0 spiro atoms. The zero-order valence-electron chi connectivity index (χ0n) is 25.6. The van der Waals surface area contributed by atoms with Crippen molar-refractivity contribution in [2.45, 2.75) is 6.42 Å². The molecule has 0 N–H and O–H groups in total. The van der Waals surface area contributed by atoms with Gasteiger partial charge in [-0.1, -0.05) is 0 Å². The van der Waals surface area contributed by atoms with Crippen LogP contribution < -0.4 is 4.74 Å². The first kappa shape index (κ1) is 40.1. The van der Waals surface area contributed by atoms with Gasteiger partial charge in [0.1, 0.15) is 0 Å². The number of halogens is 5. The molecule has 0 radical (unpaired) electrons. The molecule has 47 heavy (non-hydrogen) atoms. The fourth-order valence-corrected chi connectivity index (χ4v) is 3.44. The molecule has 1 aromatic rings. The third kappa shape index (κ3) is 16.0. The number of carbonyl (C=O) groups is 3. The van der Waals surface area contributed by atoms with Crippen LogP contribution in [0.3, 0.4) is 0 Å². The molecule has 2 amide bonds. The molecule has 1 aliphatic heterocycles. The summed E-state index contributed by atoms with van der Waals surface area (Å²) < 4.78 is 113. The quantitative estimate of drug-likeness (QED) is 0.0241. The van der Waals surface area contributed by atoms with Crippen LogP contribution in [0.25, 0.3) is 0 Å². The Morgan fingerprint density at radius 2 is 0.766 bits per heavy atom. The lowest BCUT2D eigenvalue weighted by Crippen LogP contribution is -2.33.